The zero-order chi connectivity index (χ0) is 13.7. The standard InChI is InChI=1S/C15H21NO3/c17-14(10-16-8-7-15(18)19)13-6-5-11-3-1-2-4-12(11)9-13/h5-6,9,14,16-17H,1-4,7-8,10H2,(H,18,19). The van der Waals surface area contributed by atoms with Crippen LogP contribution >= 0.6 is 0 Å². The molecule has 0 amide bonds. The van der Waals surface area contributed by atoms with E-state index in [-0.39, 0.29) is 6.42 Å². The fourth-order valence-corrected chi connectivity index (χ4v) is 2.51. The van der Waals surface area contributed by atoms with Gasteiger partial charge in [-0.3, -0.25) is 4.79 Å². The molecule has 104 valence electrons. The number of hydrogen-bond donors (Lipinski definition) is 3. The van der Waals surface area contributed by atoms with E-state index in [1.807, 2.05) is 6.07 Å². The second-order valence-electron chi connectivity index (χ2n) is 5.10. The first-order valence-electron chi connectivity index (χ1n) is 6.89. The lowest BCUT2D eigenvalue weighted by molar-refractivity contribution is -0.136. The highest BCUT2D eigenvalue weighted by Crippen LogP contribution is 2.24. The van der Waals surface area contributed by atoms with E-state index >= 15 is 0 Å². The Hall–Kier alpha value is -1.39. The molecule has 0 radical (unpaired) electrons. The van der Waals surface area contributed by atoms with Crippen LogP contribution in [0, 0.1) is 0 Å². The van der Waals surface area contributed by atoms with Crippen molar-refractivity contribution >= 4 is 5.97 Å². The third-order valence-electron chi connectivity index (χ3n) is 3.61. The van der Waals surface area contributed by atoms with Crippen molar-refractivity contribution in [2.45, 2.75) is 38.2 Å². The van der Waals surface area contributed by atoms with Gasteiger partial charge in [0.1, 0.15) is 0 Å². The van der Waals surface area contributed by atoms with Crippen LogP contribution in [0.15, 0.2) is 18.2 Å². The number of aryl methyl sites for hydroxylation is 2. The number of fused-ring (bicyclic) bond motifs is 1. The Bertz CT molecular complexity index is 445. The molecule has 4 nitrogen and oxygen atoms in total. The molecule has 0 aliphatic heterocycles. The van der Waals surface area contributed by atoms with Crippen LogP contribution in [0.4, 0.5) is 0 Å². The summed E-state index contributed by atoms with van der Waals surface area (Å²) in [4.78, 5) is 10.4. The summed E-state index contributed by atoms with van der Waals surface area (Å²) in [6, 6.07) is 6.19. The van der Waals surface area contributed by atoms with Crippen LogP contribution < -0.4 is 5.32 Å². The maximum atomic E-state index is 10.4. The molecule has 1 aromatic carbocycles. The van der Waals surface area contributed by atoms with Gasteiger partial charge in [0, 0.05) is 13.1 Å². The van der Waals surface area contributed by atoms with Gasteiger partial charge >= 0.3 is 5.97 Å². The summed E-state index contributed by atoms with van der Waals surface area (Å²) >= 11 is 0. The molecule has 1 aliphatic rings. The van der Waals surface area contributed by atoms with Gasteiger partial charge in [0.2, 0.25) is 0 Å². The zero-order valence-electron chi connectivity index (χ0n) is 11.1. The average Bonchev–Trinajstić information content (AvgIpc) is 2.42. The Morgan fingerprint density at radius 1 is 1.26 bits per heavy atom. The van der Waals surface area contributed by atoms with Crippen molar-refractivity contribution in [2.75, 3.05) is 13.1 Å². The Labute approximate surface area is 113 Å². The summed E-state index contributed by atoms with van der Waals surface area (Å²) in [5.41, 5.74) is 3.68. The van der Waals surface area contributed by atoms with E-state index in [4.69, 9.17) is 5.11 Å². The van der Waals surface area contributed by atoms with Crippen molar-refractivity contribution in [2.24, 2.45) is 0 Å². The quantitative estimate of drug-likeness (QED) is 0.683. The minimum Gasteiger partial charge on any atom is -0.481 e. The number of aliphatic hydroxyl groups is 1. The molecular formula is C15H21NO3. The van der Waals surface area contributed by atoms with Gasteiger partial charge in [-0.05, 0) is 42.4 Å². The Balaban J connectivity index is 1.88. The van der Waals surface area contributed by atoms with Crippen LogP contribution in [0.25, 0.3) is 0 Å². The Morgan fingerprint density at radius 3 is 2.74 bits per heavy atom. The number of hydrogen-bond acceptors (Lipinski definition) is 3. The molecule has 0 bridgehead atoms. The van der Waals surface area contributed by atoms with Gasteiger partial charge < -0.3 is 15.5 Å². The second-order valence-corrected chi connectivity index (χ2v) is 5.10. The Kier molecular flexibility index (Phi) is 4.93. The van der Waals surface area contributed by atoms with Crippen molar-refractivity contribution in [3.63, 3.8) is 0 Å². The van der Waals surface area contributed by atoms with Gasteiger partial charge in [0.05, 0.1) is 12.5 Å². The number of aliphatic hydroxyl groups excluding tert-OH is 1. The maximum Gasteiger partial charge on any atom is 0.304 e. The van der Waals surface area contributed by atoms with Gasteiger partial charge in [0.25, 0.3) is 0 Å². The molecule has 1 unspecified atom stereocenters. The third-order valence-corrected chi connectivity index (χ3v) is 3.61. The number of carboxylic acid groups (broad SMARTS) is 1. The molecule has 4 heteroatoms. The van der Waals surface area contributed by atoms with Crippen molar-refractivity contribution in [3.8, 4) is 0 Å². The van der Waals surface area contributed by atoms with Crippen LogP contribution in [0.5, 0.6) is 0 Å². The molecule has 0 spiro atoms. The normalized spacial score (nSPS) is 15.8. The summed E-state index contributed by atoms with van der Waals surface area (Å²) in [5.74, 6) is -0.823. The van der Waals surface area contributed by atoms with Gasteiger partial charge in [-0.25, -0.2) is 0 Å². The number of carbonyl (C=O) groups is 1. The highest BCUT2D eigenvalue weighted by Gasteiger charge is 2.13. The SMILES string of the molecule is O=C(O)CCNCC(O)c1ccc2c(c1)CCCC2. The molecule has 1 aliphatic carbocycles. The van der Waals surface area contributed by atoms with E-state index in [0.717, 1.165) is 18.4 Å². The van der Waals surface area contributed by atoms with E-state index in [9.17, 15) is 9.90 Å². The third kappa shape index (κ3) is 4.04. The minimum atomic E-state index is -0.823. The summed E-state index contributed by atoms with van der Waals surface area (Å²) < 4.78 is 0. The fourth-order valence-electron chi connectivity index (χ4n) is 2.51. The van der Waals surface area contributed by atoms with Gasteiger partial charge in [0.15, 0.2) is 0 Å². The van der Waals surface area contributed by atoms with Crippen molar-refractivity contribution in [1.82, 2.24) is 5.32 Å². The lowest BCUT2D eigenvalue weighted by atomic mass is 9.89. The second kappa shape index (κ2) is 6.68. The zero-order valence-corrected chi connectivity index (χ0v) is 11.1. The van der Waals surface area contributed by atoms with Crippen molar-refractivity contribution in [1.29, 1.82) is 0 Å². The van der Waals surface area contributed by atoms with E-state index in [1.54, 1.807) is 0 Å². The number of benzene rings is 1. The maximum absolute atomic E-state index is 10.4. The summed E-state index contributed by atoms with van der Waals surface area (Å²) in [6.45, 7) is 0.781. The smallest absolute Gasteiger partial charge is 0.304 e. The molecule has 0 saturated heterocycles. The fraction of sp³-hybridized carbons (Fsp3) is 0.533. The molecule has 1 atom stereocenters. The predicted molar refractivity (Wildman–Crippen MR) is 73.2 cm³/mol. The highest BCUT2D eigenvalue weighted by molar-refractivity contribution is 5.66. The molecule has 3 N–H and O–H groups in total. The van der Waals surface area contributed by atoms with Crippen LogP contribution in [-0.2, 0) is 17.6 Å². The first kappa shape index (κ1) is 14.0. The number of carboxylic acids is 1. The average molecular weight is 263 g/mol. The topological polar surface area (TPSA) is 69.6 Å². The van der Waals surface area contributed by atoms with Crippen LogP contribution in [-0.4, -0.2) is 29.3 Å². The van der Waals surface area contributed by atoms with Gasteiger partial charge in [-0.1, -0.05) is 18.2 Å². The van der Waals surface area contributed by atoms with Crippen LogP contribution in [0.2, 0.25) is 0 Å². The lowest BCUT2D eigenvalue weighted by Crippen LogP contribution is -2.24. The predicted octanol–water partition coefficient (Wildman–Crippen LogP) is 1.66. The number of aliphatic carboxylic acids is 1. The summed E-state index contributed by atoms with van der Waals surface area (Å²) in [6.07, 6.45) is 4.23. The lowest BCUT2D eigenvalue weighted by Gasteiger charge is -2.19. The molecule has 0 saturated carbocycles. The molecule has 0 aromatic heterocycles. The minimum absolute atomic E-state index is 0.0803. The molecular weight excluding hydrogens is 242 g/mol. The summed E-state index contributed by atoms with van der Waals surface area (Å²) in [5, 5.41) is 21.6. The first-order valence-corrected chi connectivity index (χ1v) is 6.89. The van der Waals surface area contributed by atoms with Gasteiger partial charge in [-0.15, -0.1) is 0 Å². The summed E-state index contributed by atoms with van der Waals surface area (Å²) in [7, 11) is 0. The van der Waals surface area contributed by atoms with Gasteiger partial charge in [-0.2, -0.15) is 0 Å². The monoisotopic (exact) mass is 263 g/mol. The molecule has 19 heavy (non-hydrogen) atoms. The molecule has 1 aromatic rings. The molecule has 0 fully saturated rings. The first-order chi connectivity index (χ1) is 9.16. The largest absolute Gasteiger partial charge is 0.481 e. The Morgan fingerprint density at radius 2 is 2.00 bits per heavy atom. The van der Waals surface area contributed by atoms with Crippen LogP contribution in [0.3, 0.4) is 0 Å². The highest BCUT2D eigenvalue weighted by atomic mass is 16.4. The van der Waals surface area contributed by atoms with Crippen LogP contribution in [0.1, 0.15) is 42.1 Å². The van der Waals surface area contributed by atoms with E-state index in [1.165, 1.54) is 24.0 Å². The van der Waals surface area contributed by atoms with E-state index in [0.29, 0.717) is 13.1 Å². The molecule has 0 heterocycles. The van der Waals surface area contributed by atoms with Crippen molar-refractivity contribution in [3.05, 3.63) is 34.9 Å². The number of nitrogens with one attached hydrogen (secondary N) is 1. The van der Waals surface area contributed by atoms with E-state index in [2.05, 4.69) is 17.4 Å². The van der Waals surface area contributed by atoms with Crippen molar-refractivity contribution < 1.29 is 15.0 Å². The number of rotatable bonds is 6. The van der Waals surface area contributed by atoms with E-state index < -0.39 is 12.1 Å². The molecule has 2 rings (SSSR count).